The van der Waals surface area contributed by atoms with E-state index in [2.05, 4.69) is 28.7 Å². The predicted molar refractivity (Wildman–Crippen MR) is 82.3 cm³/mol. The molecule has 1 fully saturated rings. The highest BCUT2D eigenvalue weighted by molar-refractivity contribution is 5.94. The number of amides is 1. The normalized spacial score (nSPS) is 24.6. The number of hydrogen-bond acceptors (Lipinski definition) is 3. The number of rotatable bonds is 4. The van der Waals surface area contributed by atoms with Gasteiger partial charge in [-0.3, -0.25) is 4.79 Å². The highest BCUT2D eigenvalue weighted by Gasteiger charge is 2.37. The average molecular weight is 284 g/mol. The average Bonchev–Trinajstić information content (AvgIpc) is 2.77. The summed E-state index contributed by atoms with van der Waals surface area (Å²) in [6.45, 7) is 4.01. The van der Waals surface area contributed by atoms with Crippen molar-refractivity contribution in [1.29, 1.82) is 0 Å². The molecule has 0 radical (unpaired) electrons. The molecule has 1 saturated carbocycles. The maximum atomic E-state index is 11.8. The van der Waals surface area contributed by atoms with E-state index < -0.39 is 0 Å². The molecule has 0 saturated heterocycles. The van der Waals surface area contributed by atoms with E-state index in [1.807, 2.05) is 26.0 Å². The SMILES string of the molecule is Cc1cc(C)cc(OCC(=O)N/N=C2/C[C@@H]3C=CC[C@@H]23)c1. The lowest BCUT2D eigenvalue weighted by atomic mass is 9.74. The van der Waals surface area contributed by atoms with Crippen LogP contribution in [-0.2, 0) is 4.79 Å². The summed E-state index contributed by atoms with van der Waals surface area (Å²) in [5.74, 6) is 1.67. The molecule has 21 heavy (non-hydrogen) atoms. The highest BCUT2D eigenvalue weighted by atomic mass is 16.5. The van der Waals surface area contributed by atoms with Crippen molar-refractivity contribution in [2.24, 2.45) is 16.9 Å². The Kier molecular flexibility index (Phi) is 3.78. The third kappa shape index (κ3) is 3.15. The lowest BCUT2D eigenvalue weighted by Crippen LogP contribution is -2.36. The highest BCUT2D eigenvalue weighted by Crippen LogP contribution is 2.39. The molecule has 4 nitrogen and oxygen atoms in total. The minimum Gasteiger partial charge on any atom is -0.484 e. The van der Waals surface area contributed by atoms with Crippen LogP contribution < -0.4 is 10.2 Å². The Bertz CT molecular complexity index is 599. The summed E-state index contributed by atoms with van der Waals surface area (Å²) in [5, 5.41) is 4.22. The van der Waals surface area contributed by atoms with Crippen LogP contribution in [0.1, 0.15) is 24.0 Å². The summed E-state index contributed by atoms with van der Waals surface area (Å²) < 4.78 is 5.51. The summed E-state index contributed by atoms with van der Waals surface area (Å²) in [4.78, 5) is 11.8. The quantitative estimate of drug-likeness (QED) is 0.682. The van der Waals surface area contributed by atoms with Crippen LogP contribution in [0, 0.1) is 25.7 Å². The van der Waals surface area contributed by atoms with Gasteiger partial charge in [0.2, 0.25) is 0 Å². The maximum absolute atomic E-state index is 11.8. The molecule has 1 aromatic carbocycles. The molecule has 3 rings (SSSR count). The number of aryl methyl sites for hydroxylation is 2. The van der Waals surface area contributed by atoms with Crippen molar-refractivity contribution in [2.75, 3.05) is 6.61 Å². The number of nitrogens with one attached hydrogen (secondary N) is 1. The number of ether oxygens (including phenoxy) is 1. The van der Waals surface area contributed by atoms with Crippen molar-refractivity contribution >= 4 is 11.6 Å². The van der Waals surface area contributed by atoms with E-state index in [-0.39, 0.29) is 12.5 Å². The van der Waals surface area contributed by atoms with Gasteiger partial charge in [-0.25, -0.2) is 5.43 Å². The van der Waals surface area contributed by atoms with Gasteiger partial charge >= 0.3 is 0 Å². The van der Waals surface area contributed by atoms with E-state index in [1.54, 1.807) is 0 Å². The van der Waals surface area contributed by atoms with Gasteiger partial charge in [0.05, 0.1) is 0 Å². The summed E-state index contributed by atoms with van der Waals surface area (Å²) in [5.41, 5.74) is 5.94. The van der Waals surface area contributed by atoms with Gasteiger partial charge in [0.1, 0.15) is 5.75 Å². The summed E-state index contributed by atoms with van der Waals surface area (Å²) in [6, 6.07) is 5.92. The Morgan fingerprint density at radius 2 is 2.10 bits per heavy atom. The van der Waals surface area contributed by atoms with Crippen LogP contribution in [0.5, 0.6) is 5.75 Å². The van der Waals surface area contributed by atoms with Gasteiger partial charge in [-0.2, -0.15) is 5.10 Å². The molecule has 1 N–H and O–H groups in total. The smallest absolute Gasteiger partial charge is 0.277 e. The van der Waals surface area contributed by atoms with Gasteiger partial charge in [0.15, 0.2) is 6.61 Å². The molecule has 1 aromatic rings. The van der Waals surface area contributed by atoms with Gasteiger partial charge in [-0.15, -0.1) is 0 Å². The Morgan fingerprint density at radius 1 is 1.33 bits per heavy atom. The largest absolute Gasteiger partial charge is 0.484 e. The summed E-state index contributed by atoms with van der Waals surface area (Å²) >= 11 is 0. The molecular formula is C17H20N2O2. The number of fused-ring (bicyclic) bond motifs is 1. The van der Waals surface area contributed by atoms with Gasteiger partial charge in [0.25, 0.3) is 5.91 Å². The van der Waals surface area contributed by atoms with Crippen LogP contribution in [0.3, 0.4) is 0 Å². The fourth-order valence-corrected chi connectivity index (χ4v) is 2.99. The molecule has 1 amide bonds. The molecule has 0 bridgehead atoms. The number of nitrogens with zero attached hydrogens (tertiary/aromatic N) is 1. The Labute approximate surface area is 124 Å². The van der Waals surface area contributed by atoms with Crippen LogP contribution >= 0.6 is 0 Å². The maximum Gasteiger partial charge on any atom is 0.277 e. The van der Waals surface area contributed by atoms with Crippen LogP contribution in [0.4, 0.5) is 0 Å². The molecule has 2 aliphatic rings. The molecule has 110 valence electrons. The van der Waals surface area contributed by atoms with E-state index >= 15 is 0 Å². The van der Waals surface area contributed by atoms with Crippen molar-refractivity contribution in [2.45, 2.75) is 26.7 Å². The lowest BCUT2D eigenvalue weighted by molar-refractivity contribution is -0.123. The third-order valence-electron chi connectivity index (χ3n) is 4.05. The van der Waals surface area contributed by atoms with Crippen molar-refractivity contribution in [3.05, 3.63) is 41.5 Å². The Morgan fingerprint density at radius 3 is 2.81 bits per heavy atom. The molecule has 0 aliphatic heterocycles. The third-order valence-corrected chi connectivity index (χ3v) is 4.05. The summed E-state index contributed by atoms with van der Waals surface area (Å²) in [7, 11) is 0. The first-order valence-electron chi connectivity index (χ1n) is 7.35. The van der Waals surface area contributed by atoms with Gasteiger partial charge < -0.3 is 4.74 Å². The molecule has 0 aromatic heterocycles. The lowest BCUT2D eigenvalue weighted by Gasteiger charge is -2.31. The fourth-order valence-electron chi connectivity index (χ4n) is 2.99. The van der Waals surface area contributed by atoms with Crippen LogP contribution in [0.25, 0.3) is 0 Å². The van der Waals surface area contributed by atoms with Crippen LogP contribution in [-0.4, -0.2) is 18.2 Å². The monoisotopic (exact) mass is 284 g/mol. The molecule has 0 unspecified atom stereocenters. The van der Waals surface area contributed by atoms with E-state index in [4.69, 9.17) is 4.74 Å². The van der Waals surface area contributed by atoms with Crippen molar-refractivity contribution in [3.8, 4) is 5.75 Å². The Hall–Kier alpha value is -2.10. The zero-order chi connectivity index (χ0) is 14.8. The number of carbonyl (C=O) groups is 1. The first-order valence-corrected chi connectivity index (χ1v) is 7.35. The topological polar surface area (TPSA) is 50.7 Å². The van der Waals surface area contributed by atoms with Gasteiger partial charge in [-0.05, 0) is 55.9 Å². The number of hydrazone groups is 1. The van der Waals surface area contributed by atoms with Crippen molar-refractivity contribution in [3.63, 3.8) is 0 Å². The minimum atomic E-state index is -0.212. The standard InChI is InChI=1S/C17H20N2O2/c1-11-6-12(2)8-14(7-11)21-10-17(20)19-18-16-9-13-4-3-5-15(13)16/h3-4,6-8,13,15H,5,9-10H2,1-2H3,(H,19,20)/b18-16-/t13-,15+/m0/s1. The molecule has 2 aliphatic carbocycles. The zero-order valence-electron chi connectivity index (χ0n) is 12.4. The number of carbonyl (C=O) groups excluding carboxylic acids is 1. The molecular weight excluding hydrogens is 264 g/mol. The van der Waals surface area contributed by atoms with Crippen LogP contribution in [0.15, 0.2) is 35.5 Å². The van der Waals surface area contributed by atoms with E-state index in [1.165, 1.54) is 0 Å². The number of allylic oxidation sites excluding steroid dienone is 2. The zero-order valence-corrected chi connectivity index (χ0v) is 12.4. The predicted octanol–water partition coefficient (Wildman–Crippen LogP) is 2.75. The molecule has 4 heteroatoms. The second-order valence-electron chi connectivity index (χ2n) is 5.89. The van der Waals surface area contributed by atoms with Gasteiger partial charge in [0, 0.05) is 11.6 Å². The first-order chi connectivity index (χ1) is 10.1. The molecule has 0 spiro atoms. The minimum absolute atomic E-state index is 0.00792. The van der Waals surface area contributed by atoms with Crippen molar-refractivity contribution in [1.82, 2.24) is 5.43 Å². The second kappa shape index (κ2) is 5.72. The first kappa shape index (κ1) is 13.9. The van der Waals surface area contributed by atoms with E-state index in [0.29, 0.717) is 11.8 Å². The van der Waals surface area contributed by atoms with E-state index in [0.717, 1.165) is 35.4 Å². The van der Waals surface area contributed by atoms with E-state index in [9.17, 15) is 4.79 Å². The summed E-state index contributed by atoms with van der Waals surface area (Å²) in [6.07, 6.45) is 6.47. The van der Waals surface area contributed by atoms with Crippen LogP contribution in [0.2, 0.25) is 0 Å². The number of benzene rings is 1. The van der Waals surface area contributed by atoms with Gasteiger partial charge in [-0.1, -0.05) is 18.2 Å². The fraction of sp³-hybridized carbons (Fsp3) is 0.412. The molecule has 0 heterocycles. The Balaban J connectivity index is 1.47. The van der Waals surface area contributed by atoms with Crippen molar-refractivity contribution < 1.29 is 9.53 Å². The number of hydrogen-bond donors (Lipinski definition) is 1. The second-order valence-corrected chi connectivity index (χ2v) is 5.89. The molecule has 2 atom stereocenters.